The van der Waals surface area contributed by atoms with Gasteiger partial charge in [0.15, 0.2) is 4.90 Å². The van der Waals surface area contributed by atoms with E-state index in [0.29, 0.717) is 22.0 Å². The summed E-state index contributed by atoms with van der Waals surface area (Å²) in [6.45, 7) is 0. The zero-order chi connectivity index (χ0) is 15.7. The number of methoxy groups -OCH3 is 1. The summed E-state index contributed by atoms with van der Waals surface area (Å²) in [6.07, 6.45) is 0. The Morgan fingerprint density at radius 3 is 2.64 bits per heavy atom. The Morgan fingerprint density at radius 2 is 1.95 bits per heavy atom. The highest BCUT2D eigenvalue weighted by atomic mass is 35.5. The SMILES string of the molecule is COc1ccc2c(c1)C(Cl)(C(=O)Oc1ccccc1)C[S+]2[O-]. The minimum Gasteiger partial charge on any atom is -0.611 e. The van der Waals surface area contributed by atoms with Crippen molar-refractivity contribution in [3.05, 3.63) is 54.1 Å². The maximum absolute atomic E-state index is 12.5. The van der Waals surface area contributed by atoms with E-state index in [9.17, 15) is 9.35 Å². The lowest BCUT2D eigenvalue weighted by atomic mass is 10.00. The van der Waals surface area contributed by atoms with E-state index in [1.165, 1.54) is 7.11 Å². The van der Waals surface area contributed by atoms with Gasteiger partial charge in [-0.1, -0.05) is 29.8 Å². The summed E-state index contributed by atoms with van der Waals surface area (Å²) in [6, 6.07) is 13.7. The molecule has 1 aliphatic heterocycles. The van der Waals surface area contributed by atoms with Crippen molar-refractivity contribution in [2.24, 2.45) is 0 Å². The first-order chi connectivity index (χ1) is 10.5. The number of esters is 1. The molecule has 2 aromatic carbocycles. The van der Waals surface area contributed by atoms with Crippen LogP contribution in [0, 0.1) is 0 Å². The predicted octanol–water partition coefficient (Wildman–Crippen LogP) is 2.86. The summed E-state index contributed by atoms with van der Waals surface area (Å²) >= 11 is 5.16. The normalized spacial score (nSPS) is 23.0. The molecule has 6 heteroatoms. The number of para-hydroxylation sites is 1. The van der Waals surface area contributed by atoms with Crippen molar-refractivity contribution in [3.8, 4) is 11.5 Å². The van der Waals surface area contributed by atoms with Crippen LogP contribution in [0.3, 0.4) is 0 Å². The van der Waals surface area contributed by atoms with Crippen LogP contribution in [-0.4, -0.2) is 23.4 Å². The second kappa shape index (κ2) is 5.83. The summed E-state index contributed by atoms with van der Waals surface area (Å²) in [7, 11) is 1.52. The molecular formula is C16H13ClO4S. The van der Waals surface area contributed by atoms with Gasteiger partial charge in [-0.25, -0.2) is 4.79 Å². The molecule has 0 spiro atoms. The molecule has 0 aromatic heterocycles. The molecule has 0 saturated carbocycles. The van der Waals surface area contributed by atoms with Crippen LogP contribution < -0.4 is 9.47 Å². The predicted molar refractivity (Wildman–Crippen MR) is 83.9 cm³/mol. The minimum atomic E-state index is -1.47. The standard InChI is InChI=1S/C16H13ClO4S/c1-20-12-7-8-14-13(9-12)16(17,10-22(14)19)15(18)21-11-5-3-2-4-6-11/h2-9H,10H2,1H3. The van der Waals surface area contributed by atoms with Crippen LogP contribution >= 0.6 is 11.6 Å². The van der Waals surface area contributed by atoms with E-state index in [4.69, 9.17) is 21.1 Å². The van der Waals surface area contributed by atoms with Crippen molar-refractivity contribution in [2.45, 2.75) is 9.77 Å². The molecule has 2 unspecified atom stereocenters. The fourth-order valence-electron chi connectivity index (χ4n) is 2.33. The largest absolute Gasteiger partial charge is 0.611 e. The molecule has 0 saturated heterocycles. The molecular weight excluding hydrogens is 324 g/mol. The van der Waals surface area contributed by atoms with Crippen LogP contribution in [0.5, 0.6) is 11.5 Å². The summed E-state index contributed by atoms with van der Waals surface area (Å²) in [4.78, 5) is 11.6. The Balaban J connectivity index is 1.95. The Bertz CT molecular complexity index is 707. The fourth-order valence-corrected chi connectivity index (χ4v) is 4.36. The van der Waals surface area contributed by atoms with E-state index in [2.05, 4.69) is 0 Å². The highest BCUT2D eigenvalue weighted by Crippen LogP contribution is 2.45. The summed E-state index contributed by atoms with van der Waals surface area (Å²) in [5, 5.41) is 0. The molecule has 0 bridgehead atoms. The maximum Gasteiger partial charge on any atom is 0.342 e. The monoisotopic (exact) mass is 336 g/mol. The van der Waals surface area contributed by atoms with Crippen LogP contribution in [0.2, 0.25) is 0 Å². The molecule has 0 N–H and O–H groups in total. The van der Waals surface area contributed by atoms with E-state index in [1.807, 2.05) is 6.07 Å². The van der Waals surface area contributed by atoms with Gasteiger partial charge in [-0.3, -0.25) is 0 Å². The number of fused-ring (bicyclic) bond motifs is 1. The van der Waals surface area contributed by atoms with Gasteiger partial charge in [-0.2, -0.15) is 0 Å². The first-order valence-corrected chi connectivity index (χ1v) is 8.27. The van der Waals surface area contributed by atoms with Crippen LogP contribution in [0.4, 0.5) is 0 Å². The molecule has 0 aliphatic carbocycles. The molecule has 0 radical (unpaired) electrons. The number of hydrogen-bond donors (Lipinski definition) is 0. The van der Waals surface area contributed by atoms with Gasteiger partial charge in [0.1, 0.15) is 17.3 Å². The number of carbonyl (C=O) groups excluding carboxylic acids is 1. The number of halogens is 1. The fraction of sp³-hybridized carbons (Fsp3) is 0.188. The first-order valence-electron chi connectivity index (χ1n) is 6.58. The van der Waals surface area contributed by atoms with E-state index < -0.39 is 22.0 Å². The third-order valence-corrected chi connectivity index (χ3v) is 5.66. The molecule has 0 amide bonds. The Labute approximate surface area is 136 Å². The van der Waals surface area contributed by atoms with Crippen molar-refractivity contribution in [2.75, 3.05) is 12.9 Å². The molecule has 22 heavy (non-hydrogen) atoms. The van der Waals surface area contributed by atoms with Gasteiger partial charge in [0.05, 0.1) is 7.11 Å². The van der Waals surface area contributed by atoms with Gasteiger partial charge in [-0.05, 0) is 41.5 Å². The lowest BCUT2D eigenvalue weighted by molar-refractivity contribution is -0.137. The lowest BCUT2D eigenvalue weighted by Crippen LogP contribution is -2.35. The van der Waals surface area contributed by atoms with Crippen LogP contribution in [0.1, 0.15) is 5.56 Å². The number of benzene rings is 2. The number of alkyl halides is 1. The van der Waals surface area contributed by atoms with E-state index in [0.717, 1.165) is 0 Å². The summed E-state index contributed by atoms with van der Waals surface area (Å²) in [5.41, 5.74) is 0.479. The third-order valence-electron chi connectivity index (χ3n) is 3.47. The highest BCUT2D eigenvalue weighted by molar-refractivity contribution is 7.92. The molecule has 114 valence electrons. The van der Waals surface area contributed by atoms with E-state index in [1.54, 1.807) is 42.5 Å². The molecule has 0 fully saturated rings. The topological polar surface area (TPSA) is 58.6 Å². The zero-order valence-corrected chi connectivity index (χ0v) is 13.3. The maximum atomic E-state index is 12.5. The quantitative estimate of drug-likeness (QED) is 0.374. The number of ether oxygens (including phenoxy) is 2. The Hall–Kier alpha value is -1.69. The third kappa shape index (κ3) is 2.56. The Morgan fingerprint density at radius 1 is 1.23 bits per heavy atom. The van der Waals surface area contributed by atoms with Gasteiger partial charge in [0, 0.05) is 5.56 Å². The first kappa shape index (κ1) is 15.2. The molecule has 1 aliphatic rings. The molecule has 3 rings (SSSR count). The van der Waals surface area contributed by atoms with Gasteiger partial charge >= 0.3 is 5.97 Å². The summed E-state index contributed by atoms with van der Waals surface area (Å²) in [5.74, 6) is 0.300. The van der Waals surface area contributed by atoms with Gasteiger partial charge in [0.2, 0.25) is 4.87 Å². The van der Waals surface area contributed by atoms with Gasteiger partial charge in [0.25, 0.3) is 0 Å². The van der Waals surface area contributed by atoms with Gasteiger partial charge < -0.3 is 14.0 Å². The zero-order valence-electron chi connectivity index (χ0n) is 11.7. The van der Waals surface area contributed by atoms with Crippen LogP contribution in [0.25, 0.3) is 0 Å². The van der Waals surface area contributed by atoms with Crippen LogP contribution in [-0.2, 0) is 20.8 Å². The van der Waals surface area contributed by atoms with Crippen molar-refractivity contribution < 1.29 is 18.8 Å². The van der Waals surface area contributed by atoms with Crippen molar-refractivity contribution in [1.29, 1.82) is 0 Å². The lowest BCUT2D eigenvalue weighted by Gasteiger charge is -2.17. The van der Waals surface area contributed by atoms with Crippen molar-refractivity contribution in [3.63, 3.8) is 0 Å². The highest BCUT2D eigenvalue weighted by Gasteiger charge is 2.53. The summed E-state index contributed by atoms with van der Waals surface area (Å²) < 4.78 is 22.7. The molecule has 4 nitrogen and oxygen atoms in total. The molecule has 2 aromatic rings. The number of carbonyl (C=O) groups is 1. The second-order valence-electron chi connectivity index (χ2n) is 4.86. The molecule has 1 heterocycles. The van der Waals surface area contributed by atoms with Crippen molar-refractivity contribution >= 4 is 28.7 Å². The molecule has 2 atom stereocenters. The van der Waals surface area contributed by atoms with Crippen LogP contribution in [0.15, 0.2) is 53.4 Å². The van der Waals surface area contributed by atoms with E-state index in [-0.39, 0.29) is 5.75 Å². The second-order valence-corrected chi connectivity index (χ2v) is 6.92. The average molecular weight is 337 g/mol. The smallest absolute Gasteiger partial charge is 0.342 e. The van der Waals surface area contributed by atoms with E-state index >= 15 is 0 Å². The van der Waals surface area contributed by atoms with Gasteiger partial charge in [-0.15, -0.1) is 0 Å². The Kier molecular flexibility index (Phi) is 4.04. The van der Waals surface area contributed by atoms with Crippen molar-refractivity contribution in [1.82, 2.24) is 0 Å². The minimum absolute atomic E-state index is 0.0112. The average Bonchev–Trinajstić information content (AvgIpc) is 2.80. The number of rotatable bonds is 3. The number of hydrogen-bond acceptors (Lipinski definition) is 4.